The van der Waals surface area contributed by atoms with Crippen molar-refractivity contribution in [3.8, 4) is 0 Å². The summed E-state index contributed by atoms with van der Waals surface area (Å²) in [6.07, 6.45) is 3.51. The summed E-state index contributed by atoms with van der Waals surface area (Å²) < 4.78 is 0. The maximum Gasteiger partial charge on any atom is 0.00361 e. The van der Waals surface area contributed by atoms with Crippen molar-refractivity contribution in [1.29, 1.82) is 0 Å². The quantitative estimate of drug-likeness (QED) is 0.626. The molecule has 0 aliphatic heterocycles. The van der Waals surface area contributed by atoms with Gasteiger partial charge in [0, 0.05) is 6.04 Å². The lowest BCUT2D eigenvalue weighted by Gasteiger charge is -2.03. The number of hydrogen-bond acceptors (Lipinski definition) is 1. The Morgan fingerprint density at radius 3 is 1.78 bits per heavy atom. The van der Waals surface area contributed by atoms with Gasteiger partial charge in [-0.15, -0.1) is 0 Å². The van der Waals surface area contributed by atoms with Crippen LogP contribution in [0.3, 0.4) is 0 Å². The van der Waals surface area contributed by atoms with Crippen LogP contribution in [-0.2, 0) is 0 Å². The molecule has 0 aliphatic carbocycles. The summed E-state index contributed by atoms with van der Waals surface area (Å²) >= 11 is 0. The van der Waals surface area contributed by atoms with E-state index in [2.05, 4.69) is 13.8 Å². The summed E-state index contributed by atoms with van der Waals surface area (Å²) in [4.78, 5) is 0. The van der Waals surface area contributed by atoms with Crippen molar-refractivity contribution in [3.05, 3.63) is 0 Å². The molecule has 0 amide bonds. The predicted molar refractivity (Wildman–Crippen MR) is 44.5 cm³/mol. The van der Waals surface area contributed by atoms with Gasteiger partial charge < -0.3 is 5.73 Å². The summed E-state index contributed by atoms with van der Waals surface area (Å²) in [7, 11) is 0. The van der Waals surface area contributed by atoms with E-state index in [0.717, 1.165) is 6.42 Å². The highest BCUT2D eigenvalue weighted by molar-refractivity contribution is 4.54. The zero-order valence-electron chi connectivity index (χ0n) is 7.28. The van der Waals surface area contributed by atoms with Gasteiger partial charge in [-0.2, -0.15) is 0 Å². The Hall–Kier alpha value is -0.0400. The maximum absolute atomic E-state index is 5.58. The fourth-order valence-electron chi connectivity index (χ4n) is 0.575. The molecule has 1 unspecified atom stereocenters. The standard InChI is InChI=1S/C6H15N.C2H6/c1-3-5-6(7)4-2;1-2/h6H,3-5,7H2,1-2H3;1-2H3. The largest absolute Gasteiger partial charge is 0.328 e. The minimum atomic E-state index is 0.449. The lowest BCUT2D eigenvalue weighted by Crippen LogP contribution is -2.17. The average Bonchev–Trinajstić information content (AvgIpc) is 1.93. The molecule has 0 aliphatic rings. The molecule has 58 valence electrons. The van der Waals surface area contributed by atoms with Crippen LogP contribution >= 0.6 is 0 Å². The third-order valence-corrected chi connectivity index (χ3v) is 1.18. The Labute approximate surface area is 59.6 Å². The Morgan fingerprint density at radius 1 is 1.22 bits per heavy atom. The summed E-state index contributed by atoms with van der Waals surface area (Å²) in [5.74, 6) is 0. The molecule has 0 aromatic heterocycles. The van der Waals surface area contributed by atoms with Gasteiger partial charge in [0.25, 0.3) is 0 Å². The second-order valence-electron chi connectivity index (χ2n) is 1.96. The van der Waals surface area contributed by atoms with Gasteiger partial charge in [0.05, 0.1) is 0 Å². The van der Waals surface area contributed by atoms with Crippen molar-refractivity contribution < 1.29 is 0 Å². The summed E-state index contributed by atoms with van der Waals surface area (Å²) in [6, 6.07) is 0.449. The molecule has 2 N–H and O–H groups in total. The topological polar surface area (TPSA) is 26.0 Å². The smallest absolute Gasteiger partial charge is 0.00361 e. The van der Waals surface area contributed by atoms with E-state index in [1.54, 1.807) is 0 Å². The summed E-state index contributed by atoms with van der Waals surface area (Å²) in [5, 5.41) is 0. The van der Waals surface area contributed by atoms with Crippen LogP contribution in [0.15, 0.2) is 0 Å². The minimum absolute atomic E-state index is 0.449. The normalized spacial score (nSPS) is 11.7. The fourth-order valence-corrected chi connectivity index (χ4v) is 0.575. The third kappa shape index (κ3) is 11.5. The number of hydrogen-bond donors (Lipinski definition) is 1. The van der Waals surface area contributed by atoms with Gasteiger partial charge in [-0.1, -0.05) is 34.1 Å². The molecule has 0 fully saturated rings. The van der Waals surface area contributed by atoms with Crippen LogP contribution in [0.25, 0.3) is 0 Å². The van der Waals surface area contributed by atoms with E-state index in [4.69, 9.17) is 5.73 Å². The molecule has 1 atom stereocenters. The Balaban J connectivity index is 0. The van der Waals surface area contributed by atoms with E-state index in [1.165, 1.54) is 12.8 Å². The van der Waals surface area contributed by atoms with E-state index >= 15 is 0 Å². The van der Waals surface area contributed by atoms with Gasteiger partial charge in [0.15, 0.2) is 0 Å². The Bertz CT molecular complexity index is 35.5. The molecule has 0 bridgehead atoms. The van der Waals surface area contributed by atoms with E-state index < -0.39 is 0 Å². The molecule has 0 saturated carbocycles. The first-order valence-electron chi connectivity index (χ1n) is 4.06. The lowest BCUT2D eigenvalue weighted by molar-refractivity contribution is 0.587. The van der Waals surface area contributed by atoms with Crippen molar-refractivity contribution >= 4 is 0 Å². The van der Waals surface area contributed by atoms with Crippen molar-refractivity contribution in [1.82, 2.24) is 0 Å². The zero-order valence-corrected chi connectivity index (χ0v) is 7.28. The van der Waals surface area contributed by atoms with Crippen LogP contribution in [0.4, 0.5) is 0 Å². The van der Waals surface area contributed by atoms with Crippen LogP contribution < -0.4 is 5.73 Å². The van der Waals surface area contributed by atoms with E-state index in [1.807, 2.05) is 13.8 Å². The Kier molecular flexibility index (Phi) is 14.1. The van der Waals surface area contributed by atoms with E-state index in [9.17, 15) is 0 Å². The zero-order chi connectivity index (χ0) is 7.70. The van der Waals surface area contributed by atoms with Crippen LogP contribution in [0.2, 0.25) is 0 Å². The summed E-state index contributed by atoms with van der Waals surface area (Å²) in [5.41, 5.74) is 5.58. The minimum Gasteiger partial charge on any atom is -0.328 e. The molecule has 1 heteroatoms. The highest BCUT2D eigenvalue weighted by atomic mass is 14.6. The Morgan fingerprint density at radius 2 is 1.67 bits per heavy atom. The second-order valence-corrected chi connectivity index (χ2v) is 1.96. The van der Waals surface area contributed by atoms with Crippen molar-refractivity contribution in [2.24, 2.45) is 5.73 Å². The van der Waals surface area contributed by atoms with E-state index in [-0.39, 0.29) is 0 Å². The van der Waals surface area contributed by atoms with Gasteiger partial charge >= 0.3 is 0 Å². The van der Waals surface area contributed by atoms with Crippen molar-refractivity contribution in [3.63, 3.8) is 0 Å². The first-order valence-corrected chi connectivity index (χ1v) is 4.06. The second kappa shape index (κ2) is 10.9. The molecule has 0 rings (SSSR count). The SMILES string of the molecule is CC.CCCC(N)CC. The van der Waals surface area contributed by atoms with Crippen LogP contribution in [-0.4, -0.2) is 6.04 Å². The van der Waals surface area contributed by atoms with Gasteiger partial charge in [0.2, 0.25) is 0 Å². The van der Waals surface area contributed by atoms with Crippen LogP contribution in [0.1, 0.15) is 47.0 Å². The fraction of sp³-hybridized carbons (Fsp3) is 1.00. The molecule has 1 nitrogen and oxygen atoms in total. The molecule has 0 radical (unpaired) electrons. The highest BCUT2D eigenvalue weighted by Gasteiger charge is 1.92. The lowest BCUT2D eigenvalue weighted by atomic mass is 10.1. The number of nitrogens with two attached hydrogens (primary N) is 1. The van der Waals surface area contributed by atoms with Crippen molar-refractivity contribution in [2.75, 3.05) is 0 Å². The number of rotatable bonds is 3. The molecule has 0 spiro atoms. The van der Waals surface area contributed by atoms with Gasteiger partial charge in [-0.25, -0.2) is 0 Å². The first-order chi connectivity index (χ1) is 4.31. The maximum atomic E-state index is 5.58. The molecule has 0 heterocycles. The molecule has 9 heavy (non-hydrogen) atoms. The van der Waals surface area contributed by atoms with Gasteiger partial charge in [0.1, 0.15) is 0 Å². The molecule has 0 saturated heterocycles. The average molecular weight is 131 g/mol. The molecule has 0 aromatic rings. The highest BCUT2D eigenvalue weighted by Crippen LogP contribution is 1.95. The van der Waals surface area contributed by atoms with E-state index in [0.29, 0.717) is 6.04 Å². The molecular weight excluding hydrogens is 110 g/mol. The van der Waals surface area contributed by atoms with Crippen LogP contribution in [0.5, 0.6) is 0 Å². The first kappa shape index (κ1) is 11.7. The monoisotopic (exact) mass is 131 g/mol. The predicted octanol–water partition coefficient (Wildman–Crippen LogP) is 2.55. The van der Waals surface area contributed by atoms with Gasteiger partial charge in [-0.05, 0) is 12.8 Å². The van der Waals surface area contributed by atoms with Gasteiger partial charge in [-0.3, -0.25) is 0 Å². The molecule has 0 aromatic carbocycles. The van der Waals surface area contributed by atoms with Crippen LogP contribution in [0, 0.1) is 0 Å². The third-order valence-electron chi connectivity index (χ3n) is 1.18. The molecular formula is C8H21N. The summed E-state index contributed by atoms with van der Waals surface area (Å²) in [6.45, 7) is 8.29. The van der Waals surface area contributed by atoms with Crippen molar-refractivity contribution in [2.45, 2.75) is 53.0 Å².